The number of aliphatic hydroxyl groups is 1. The van der Waals surface area contributed by atoms with E-state index < -0.39 is 51.9 Å². The Bertz CT molecular complexity index is 1360. The molecule has 0 saturated carbocycles. The van der Waals surface area contributed by atoms with Crippen molar-refractivity contribution in [3.05, 3.63) is 95.6 Å². The van der Waals surface area contributed by atoms with Crippen LogP contribution >= 0.6 is 0 Å². The molecule has 0 saturated heterocycles. The average Bonchev–Trinajstić information content (AvgIpc) is 2.92. The second-order valence-electron chi connectivity index (χ2n) is 9.77. The molecule has 2 N–H and O–H groups in total. The lowest BCUT2D eigenvalue weighted by atomic mass is 9.99. The zero-order chi connectivity index (χ0) is 29.5. The lowest BCUT2D eigenvalue weighted by molar-refractivity contribution is -0.137. The third kappa shape index (κ3) is 8.06. The van der Waals surface area contributed by atoms with Gasteiger partial charge in [-0.25, -0.2) is 8.42 Å². The van der Waals surface area contributed by atoms with E-state index in [9.17, 15) is 31.5 Å². The van der Waals surface area contributed by atoms with Crippen LogP contribution < -0.4 is 10.1 Å². The molecule has 0 aliphatic carbocycles. The molecule has 0 bridgehead atoms. The SMILES string of the molecule is COc1ccc(S(=O)(=O)N(CC(C)C)C[C@@H](O)[C@H](Cc2ccccc2)NC(=O)c2ccccc2C(F)(F)F)cc1. The van der Waals surface area contributed by atoms with E-state index >= 15 is 0 Å². The van der Waals surface area contributed by atoms with E-state index in [0.717, 1.165) is 16.4 Å². The van der Waals surface area contributed by atoms with Gasteiger partial charge in [-0.3, -0.25) is 4.79 Å². The second-order valence-corrected chi connectivity index (χ2v) is 11.7. The number of rotatable bonds is 12. The van der Waals surface area contributed by atoms with Crippen molar-refractivity contribution in [2.24, 2.45) is 5.92 Å². The standard InChI is InChI=1S/C29H33F3N2O5S/c1-20(2)18-34(40(37,38)23-15-13-22(39-3)14-16-23)19-27(35)26(17-21-9-5-4-6-10-21)33-28(36)24-11-7-8-12-25(24)29(30,31)32/h4-16,20,26-27,35H,17-19H2,1-3H3,(H,33,36)/t26-,27+/m0/s1. The Kier molecular flexibility index (Phi) is 10.3. The van der Waals surface area contributed by atoms with Crippen molar-refractivity contribution in [3.63, 3.8) is 0 Å². The summed E-state index contributed by atoms with van der Waals surface area (Å²) in [7, 11) is -2.62. The van der Waals surface area contributed by atoms with Crippen LogP contribution in [0.2, 0.25) is 0 Å². The summed E-state index contributed by atoms with van der Waals surface area (Å²) in [5.74, 6) is -0.665. The number of hydrogen-bond acceptors (Lipinski definition) is 5. The summed E-state index contributed by atoms with van der Waals surface area (Å²) in [5, 5.41) is 13.8. The van der Waals surface area contributed by atoms with Crippen LogP contribution in [0, 0.1) is 5.92 Å². The fourth-order valence-electron chi connectivity index (χ4n) is 4.24. The van der Waals surface area contributed by atoms with Gasteiger partial charge in [-0.15, -0.1) is 0 Å². The largest absolute Gasteiger partial charge is 0.497 e. The van der Waals surface area contributed by atoms with Gasteiger partial charge < -0.3 is 15.2 Å². The highest BCUT2D eigenvalue weighted by molar-refractivity contribution is 7.89. The number of sulfonamides is 1. The van der Waals surface area contributed by atoms with E-state index in [-0.39, 0.29) is 23.8 Å². The van der Waals surface area contributed by atoms with Gasteiger partial charge in [0.25, 0.3) is 5.91 Å². The lowest BCUT2D eigenvalue weighted by Crippen LogP contribution is -2.51. The predicted molar refractivity (Wildman–Crippen MR) is 145 cm³/mol. The molecule has 2 atom stereocenters. The molecular formula is C29H33F3N2O5S. The van der Waals surface area contributed by atoms with Gasteiger partial charge in [0.1, 0.15) is 5.75 Å². The molecule has 216 valence electrons. The van der Waals surface area contributed by atoms with Gasteiger partial charge in [0.15, 0.2) is 0 Å². The van der Waals surface area contributed by atoms with Gasteiger partial charge in [0.05, 0.1) is 35.3 Å². The van der Waals surface area contributed by atoms with Crippen molar-refractivity contribution in [1.82, 2.24) is 9.62 Å². The highest BCUT2D eigenvalue weighted by Gasteiger charge is 2.36. The van der Waals surface area contributed by atoms with E-state index in [4.69, 9.17) is 4.74 Å². The normalized spacial score (nSPS) is 13.7. The van der Waals surface area contributed by atoms with Crippen LogP contribution in [0.15, 0.2) is 83.8 Å². The number of benzene rings is 3. The van der Waals surface area contributed by atoms with Crippen molar-refractivity contribution < 1.29 is 36.2 Å². The Morgan fingerprint density at radius 3 is 2.12 bits per heavy atom. The fourth-order valence-corrected chi connectivity index (χ4v) is 5.86. The first-order valence-electron chi connectivity index (χ1n) is 12.7. The first kappa shape index (κ1) is 31.1. The minimum absolute atomic E-state index is 0.0103. The number of halogens is 3. The molecule has 0 radical (unpaired) electrons. The van der Waals surface area contributed by atoms with Crippen molar-refractivity contribution in [1.29, 1.82) is 0 Å². The molecule has 3 rings (SSSR count). The third-order valence-corrected chi connectivity index (χ3v) is 8.06. The molecule has 0 spiro atoms. The van der Waals surface area contributed by atoms with Gasteiger partial charge in [-0.1, -0.05) is 56.3 Å². The molecule has 0 aliphatic heterocycles. The quantitative estimate of drug-likeness (QED) is 0.323. The highest BCUT2D eigenvalue weighted by atomic mass is 32.2. The molecule has 7 nitrogen and oxygen atoms in total. The molecular weight excluding hydrogens is 545 g/mol. The second kappa shape index (κ2) is 13.3. The summed E-state index contributed by atoms with van der Waals surface area (Å²) in [5.41, 5.74) is -1.00. The van der Waals surface area contributed by atoms with Crippen LogP contribution in [-0.2, 0) is 22.6 Å². The summed E-state index contributed by atoms with van der Waals surface area (Å²) in [6, 6.07) is 17.8. The number of methoxy groups -OCH3 is 1. The molecule has 3 aromatic carbocycles. The first-order valence-corrected chi connectivity index (χ1v) is 14.1. The Morgan fingerprint density at radius 2 is 1.55 bits per heavy atom. The maximum Gasteiger partial charge on any atom is 0.417 e. The van der Waals surface area contributed by atoms with Crippen LogP contribution in [0.3, 0.4) is 0 Å². The fraction of sp³-hybridized carbons (Fsp3) is 0.345. The van der Waals surface area contributed by atoms with Crippen molar-refractivity contribution in [3.8, 4) is 5.75 Å². The van der Waals surface area contributed by atoms with Crippen LogP contribution in [0.4, 0.5) is 13.2 Å². The molecule has 40 heavy (non-hydrogen) atoms. The molecule has 1 amide bonds. The number of hydrogen-bond donors (Lipinski definition) is 2. The molecule has 11 heteroatoms. The zero-order valence-electron chi connectivity index (χ0n) is 22.4. The topological polar surface area (TPSA) is 95.9 Å². The van der Waals surface area contributed by atoms with E-state index in [1.54, 1.807) is 30.3 Å². The number of alkyl halides is 3. The van der Waals surface area contributed by atoms with Gasteiger partial charge >= 0.3 is 6.18 Å². The van der Waals surface area contributed by atoms with Crippen LogP contribution in [0.1, 0.15) is 35.3 Å². The van der Waals surface area contributed by atoms with Crippen molar-refractivity contribution in [2.75, 3.05) is 20.2 Å². The highest BCUT2D eigenvalue weighted by Crippen LogP contribution is 2.32. The number of carbonyl (C=O) groups is 1. The maximum absolute atomic E-state index is 13.6. The van der Waals surface area contributed by atoms with Gasteiger partial charge in [0.2, 0.25) is 10.0 Å². The summed E-state index contributed by atoms with van der Waals surface area (Å²) >= 11 is 0. The van der Waals surface area contributed by atoms with Gasteiger partial charge in [-0.2, -0.15) is 17.5 Å². The van der Waals surface area contributed by atoms with Crippen LogP contribution in [0.25, 0.3) is 0 Å². The van der Waals surface area contributed by atoms with Crippen molar-refractivity contribution >= 4 is 15.9 Å². The van der Waals surface area contributed by atoms with Gasteiger partial charge in [0, 0.05) is 13.1 Å². The number of ether oxygens (including phenoxy) is 1. The minimum atomic E-state index is -4.76. The number of nitrogens with one attached hydrogen (secondary N) is 1. The van der Waals surface area contributed by atoms with Crippen molar-refractivity contribution in [2.45, 2.75) is 43.5 Å². The number of amides is 1. The maximum atomic E-state index is 13.6. The smallest absolute Gasteiger partial charge is 0.417 e. The Morgan fingerprint density at radius 1 is 0.950 bits per heavy atom. The summed E-state index contributed by atoms with van der Waals surface area (Å²) in [6.45, 7) is 3.31. The number of nitrogens with zero attached hydrogens (tertiary/aromatic N) is 1. The predicted octanol–water partition coefficient (Wildman–Crippen LogP) is 4.76. The summed E-state index contributed by atoms with van der Waals surface area (Å²) in [4.78, 5) is 13.1. The van der Waals surface area contributed by atoms with Gasteiger partial charge in [-0.05, 0) is 54.3 Å². The Labute approximate surface area is 232 Å². The lowest BCUT2D eigenvalue weighted by Gasteiger charge is -2.31. The van der Waals surface area contributed by atoms with E-state index in [0.29, 0.717) is 11.3 Å². The molecule has 0 unspecified atom stereocenters. The molecule has 0 heterocycles. The Hall–Kier alpha value is -3.41. The summed E-state index contributed by atoms with van der Waals surface area (Å²) < 4.78 is 74.0. The monoisotopic (exact) mass is 578 g/mol. The molecule has 0 fully saturated rings. The third-order valence-electron chi connectivity index (χ3n) is 6.21. The number of aliphatic hydroxyl groups excluding tert-OH is 1. The first-order chi connectivity index (χ1) is 18.8. The Balaban J connectivity index is 1.93. The van der Waals surface area contributed by atoms with E-state index in [1.165, 1.54) is 43.5 Å². The van der Waals surface area contributed by atoms with E-state index in [2.05, 4.69) is 5.32 Å². The number of carbonyl (C=O) groups excluding carboxylic acids is 1. The zero-order valence-corrected chi connectivity index (χ0v) is 23.2. The van der Waals surface area contributed by atoms with E-state index in [1.807, 2.05) is 13.8 Å². The van der Waals surface area contributed by atoms with Crippen LogP contribution in [-0.4, -0.2) is 56.1 Å². The molecule has 0 aromatic heterocycles. The molecule has 0 aliphatic rings. The minimum Gasteiger partial charge on any atom is -0.497 e. The summed E-state index contributed by atoms with van der Waals surface area (Å²) in [6.07, 6.45) is -6.16. The molecule has 3 aromatic rings. The van der Waals surface area contributed by atoms with Crippen LogP contribution in [0.5, 0.6) is 5.75 Å². The average molecular weight is 579 g/mol.